The van der Waals surface area contributed by atoms with Crippen molar-refractivity contribution in [2.24, 2.45) is 0 Å². The summed E-state index contributed by atoms with van der Waals surface area (Å²) in [6.07, 6.45) is 4.09. The number of para-hydroxylation sites is 1. The fourth-order valence-corrected chi connectivity index (χ4v) is 4.48. The molecule has 0 radical (unpaired) electrons. The summed E-state index contributed by atoms with van der Waals surface area (Å²) < 4.78 is 22.0. The van der Waals surface area contributed by atoms with Crippen molar-refractivity contribution in [2.75, 3.05) is 35.0 Å². The van der Waals surface area contributed by atoms with Gasteiger partial charge in [-0.05, 0) is 47.4 Å². The Hall–Kier alpha value is -3.93. The number of ether oxygens (including phenoxy) is 4. The average molecular weight is 460 g/mol. The summed E-state index contributed by atoms with van der Waals surface area (Å²) in [5.41, 5.74) is 4.00. The molecule has 1 heterocycles. The van der Waals surface area contributed by atoms with Gasteiger partial charge in [0.1, 0.15) is 0 Å². The van der Waals surface area contributed by atoms with Crippen molar-refractivity contribution in [2.45, 2.75) is 12.5 Å². The third-order valence-corrected chi connectivity index (χ3v) is 6.11. The summed E-state index contributed by atoms with van der Waals surface area (Å²) >= 11 is 0. The van der Waals surface area contributed by atoms with Crippen LogP contribution >= 0.6 is 0 Å². The van der Waals surface area contributed by atoms with Gasteiger partial charge in [0.15, 0.2) is 23.0 Å². The van der Waals surface area contributed by atoms with Crippen LogP contribution in [0.2, 0.25) is 0 Å². The molecule has 3 aromatic rings. The molecule has 1 atom stereocenters. The summed E-state index contributed by atoms with van der Waals surface area (Å²) in [7, 11) is 6.44. The monoisotopic (exact) mass is 459 g/mol. The maximum Gasteiger partial charge on any atom is 0.247 e. The van der Waals surface area contributed by atoms with Crippen molar-refractivity contribution in [3.05, 3.63) is 89.0 Å². The van der Waals surface area contributed by atoms with Crippen LogP contribution in [0.15, 0.2) is 66.7 Å². The highest BCUT2D eigenvalue weighted by Crippen LogP contribution is 2.41. The van der Waals surface area contributed by atoms with E-state index in [1.54, 1.807) is 40.6 Å². The van der Waals surface area contributed by atoms with Crippen LogP contribution in [0.3, 0.4) is 0 Å². The van der Waals surface area contributed by atoms with Crippen molar-refractivity contribution >= 4 is 12.0 Å². The van der Waals surface area contributed by atoms with E-state index < -0.39 is 0 Å². The van der Waals surface area contributed by atoms with Gasteiger partial charge in [-0.3, -0.25) is 4.79 Å². The van der Waals surface area contributed by atoms with Gasteiger partial charge >= 0.3 is 0 Å². The van der Waals surface area contributed by atoms with Crippen molar-refractivity contribution in [1.29, 1.82) is 0 Å². The van der Waals surface area contributed by atoms with E-state index in [4.69, 9.17) is 18.9 Å². The first-order valence-corrected chi connectivity index (χ1v) is 11.1. The van der Waals surface area contributed by atoms with Gasteiger partial charge in [0.25, 0.3) is 0 Å². The summed E-state index contributed by atoms with van der Waals surface area (Å²) in [6.45, 7) is 0.584. The SMILES string of the molecule is COc1cc2c(cc1OC)C(c1ccccc1)N(C(=O)C=Cc1cccc(OC)c1OC)CC2. The zero-order chi connectivity index (χ0) is 24.1. The van der Waals surface area contributed by atoms with E-state index in [0.29, 0.717) is 29.5 Å². The highest BCUT2D eigenvalue weighted by atomic mass is 16.5. The molecule has 0 bridgehead atoms. The van der Waals surface area contributed by atoms with E-state index in [2.05, 4.69) is 0 Å². The van der Waals surface area contributed by atoms with Crippen LogP contribution in [0.1, 0.15) is 28.3 Å². The summed E-state index contributed by atoms with van der Waals surface area (Å²) in [5, 5.41) is 0. The molecule has 4 rings (SSSR count). The van der Waals surface area contributed by atoms with Crippen LogP contribution < -0.4 is 18.9 Å². The minimum atomic E-state index is -0.242. The average Bonchev–Trinajstić information content (AvgIpc) is 2.90. The van der Waals surface area contributed by atoms with Crippen molar-refractivity contribution in [3.63, 3.8) is 0 Å². The number of amides is 1. The number of methoxy groups -OCH3 is 4. The quantitative estimate of drug-likeness (QED) is 0.470. The van der Waals surface area contributed by atoms with E-state index >= 15 is 0 Å². The maximum absolute atomic E-state index is 13.5. The molecule has 0 spiro atoms. The van der Waals surface area contributed by atoms with E-state index in [1.165, 1.54) is 0 Å². The number of hydrogen-bond donors (Lipinski definition) is 0. The van der Waals surface area contributed by atoms with Crippen LogP contribution in [0.25, 0.3) is 6.08 Å². The van der Waals surface area contributed by atoms with Gasteiger partial charge in [-0.2, -0.15) is 0 Å². The first-order valence-electron chi connectivity index (χ1n) is 11.1. The third kappa shape index (κ3) is 4.44. The molecule has 0 aromatic heterocycles. The van der Waals surface area contributed by atoms with Crippen LogP contribution in [-0.4, -0.2) is 45.8 Å². The molecular weight excluding hydrogens is 430 g/mol. The van der Waals surface area contributed by atoms with Gasteiger partial charge in [-0.1, -0.05) is 42.5 Å². The van der Waals surface area contributed by atoms with Crippen molar-refractivity contribution in [3.8, 4) is 23.0 Å². The fourth-order valence-electron chi connectivity index (χ4n) is 4.48. The van der Waals surface area contributed by atoms with Gasteiger partial charge in [0.05, 0.1) is 34.5 Å². The van der Waals surface area contributed by atoms with E-state index in [-0.39, 0.29) is 11.9 Å². The second kappa shape index (κ2) is 10.3. The van der Waals surface area contributed by atoms with Crippen LogP contribution in [0.5, 0.6) is 23.0 Å². The molecule has 34 heavy (non-hydrogen) atoms. The predicted octanol–water partition coefficient (Wildman–Crippen LogP) is 4.91. The molecule has 0 aliphatic carbocycles. The molecule has 6 heteroatoms. The topological polar surface area (TPSA) is 57.2 Å². The lowest BCUT2D eigenvalue weighted by Gasteiger charge is -2.37. The molecule has 0 N–H and O–H groups in total. The molecule has 1 aliphatic rings. The Morgan fingerprint density at radius 3 is 2.24 bits per heavy atom. The lowest BCUT2D eigenvalue weighted by molar-refractivity contribution is -0.127. The van der Waals surface area contributed by atoms with Gasteiger partial charge < -0.3 is 23.8 Å². The summed E-state index contributed by atoms with van der Waals surface area (Å²) in [4.78, 5) is 15.4. The Bertz CT molecular complexity index is 1190. The highest BCUT2D eigenvalue weighted by Gasteiger charge is 2.32. The normalized spacial score (nSPS) is 15.1. The first-order chi connectivity index (χ1) is 16.6. The molecule has 0 fully saturated rings. The third-order valence-electron chi connectivity index (χ3n) is 6.11. The molecule has 6 nitrogen and oxygen atoms in total. The fraction of sp³-hybridized carbons (Fsp3) is 0.250. The minimum absolute atomic E-state index is 0.0841. The number of rotatable bonds is 7. The van der Waals surface area contributed by atoms with Crippen molar-refractivity contribution in [1.82, 2.24) is 4.90 Å². The number of carbonyl (C=O) groups excluding carboxylic acids is 1. The molecule has 0 saturated heterocycles. The Morgan fingerprint density at radius 2 is 1.56 bits per heavy atom. The standard InChI is InChI=1S/C28H29NO5/c1-31-23-12-8-11-20(28(23)34-4)13-14-26(30)29-16-15-21-17-24(32-2)25(33-3)18-22(21)27(29)19-9-6-5-7-10-19/h5-14,17-18,27H,15-16H2,1-4H3. The lowest BCUT2D eigenvalue weighted by Crippen LogP contribution is -2.39. The van der Waals surface area contributed by atoms with Crippen molar-refractivity contribution < 1.29 is 23.7 Å². The Kier molecular flexibility index (Phi) is 7.07. The Labute approximate surface area is 200 Å². The van der Waals surface area contributed by atoms with Gasteiger partial charge in [0, 0.05) is 18.2 Å². The number of benzene rings is 3. The predicted molar refractivity (Wildman–Crippen MR) is 132 cm³/mol. The Morgan fingerprint density at radius 1 is 0.853 bits per heavy atom. The zero-order valence-corrected chi connectivity index (χ0v) is 19.9. The zero-order valence-electron chi connectivity index (χ0n) is 19.9. The van der Waals surface area contributed by atoms with E-state index in [9.17, 15) is 4.79 Å². The smallest absolute Gasteiger partial charge is 0.247 e. The van der Waals surface area contributed by atoms with Gasteiger partial charge in [0.2, 0.25) is 5.91 Å². The molecule has 1 unspecified atom stereocenters. The number of hydrogen-bond acceptors (Lipinski definition) is 5. The minimum Gasteiger partial charge on any atom is -0.493 e. The number of carbonyl (C=O) groups is 1. The lowest BCUT2D eigenvalue weighted by atomic mass is 9.87. The van der Waals surface area contributed by atoms with Crippen LogP contribution in [0.4, 0.5) is 0 Å². The number of fused-ring (bicyclic) bond motifs is 1. The molecule has 176 valence electrons. The van der Waals surface area contributed by atoms with Crippen LogP contribution in [0, 0.1) is 0 Å². The van der Waals surface area contributed by atoms with E-state index in [0.717, 1.165) is 28.7 Å². The first kappa shape index (κ1) is 23.2. The van der Waals surface area contributed by atoms with Crippen LogP contribution in [-0.2, 0) is 11.2 Å². The molecule has 1 aliphatic heterocycles. The largest absolute Gasteiger partial charge is 0.493 e. The highest BCUT2D eigenvalue weighted by molar-refractivity contribution is 5.93. The van der Waals surface area contributed by atoms with E-state index in [1.807, 2.05) is 65.6 Å². The van der Waals surface area contributed by atoms with Gasteiger partial charge in [-0.25, -0.2) is 0 Å². The Balaban J connectivity index is 1.73. The molecule has 0 saturated carbocycles. The molecule has 3 aromatic carbocycles. The summed E-state index contributed by atoms with van der Waals surface area (Å²) in [6, 6.07) is 19.4. The second-order valence-electron chi connectivity index (χ2n) is 7.92. The molecule has 1 amide bonds. The summed E-state index contributed by atoms with van der Waals surface area (Å²) in [5.74, 6) is 2.46. The second-order valence-corrected chi connectivity index (χ2v) is 7.92. The molecular formula is C28H29NO5. The maximum atomic E-state index is 13.5. The number of nitrogens with zero attached hydrogens (tertiary/aromatic N) is 1. The van der Waals surface area contributed by atoms with Gasteiger partial charge in [-0.15, -0.1) is 0 Å².